The summed E-state index contributed by atoms with van der Waals surface area (Å²) < 4.78 is 5.18. The van der Waals surface area contributed by atoms with Crippen molar-refractivity contribution in [3.63, 3.8) is 0 Å². The zero-order valence-electron chi connectivity index (χ0n) is 14.5. The van der Waals surface area contributed by atoms with Gasteiger partial charge in [0.1, 0.15) is 5.75 Å². The first-order valence-electron chi connectivity index (χ1n) is 8.51. The lowest BCUT2D eigenvalue weighted by atomic mass is 10.2. The molecule has 1 saturated heterocycles. The molecule has 2 heterocycles. The number of methoxy groups -OCH3 is 1. The van der Waals surface area contributed by atoms with Crippen LogP contribution < -0.4 is 10.1 Å². The summed E-state index contributed by atoms with van der Waals surface area (Å²) >= 11 is 5.55. The molecule has 0 bridgehead atoms. The monoisotopic (exact) mass is 356 g/mol. The van der Waals surface area contributed by atoms with Crippen LogP contribution in [0.25, 0.3) is 0 Å². The van der Waals surface area contributed by atoms with Crippen molar-refractivity contribution in [3.05, 3.63) is 59.9 Å². The van der Waals surface area contributed by atoms with Crippen LogP contribution in [0.3, 0.4) is 0 Å². The van der Waals surface area contributed by atoms with E-state index in [9.17, 15) is 0 Å². The Labute approximate surface area is 154 Å². The summed E-state index contributed by atoms with van der Waals surface area (Å²) in [5, 5.41) is 4.19. The second-order valence-electron chi connectivity index (χ2n) is 6.13. The van der Waals surface area contributed by atoms with Gasteiger partial charge in [-0.25, -0.2) is 0 Å². The number of nitrogens with zero attached hydrogens (tertiary/aromatic N) is 3. The molecule has 0 unspecified atom stereocenters. The maximum absolute atomic E-state index is 5.55. The highest BCUT2D eigenvalue weighted by molar-refractivity contribution is 7.80. The van der Waals surface area contributed by atoms with E-state index in [4.69, 9.17) is 17.0 Å². The number of aromatic nitrogens is 1. The van der Waals surface area contributed by atoms with Crippen molar-refractivity contribution in [1.82, 2.24) is 20.1 Å². The van der Waals surface area contributed by atoms with Crippen LogP contribution >= 0.6 is 12.2 Å². The first-order valence-corrected chi connectivity index (χ1v) is 8.92. The van der Waals surface area contributed by atoms with Crippen molar-refractivity contribution in [2.45, 2.75) is 13.1 Å². The molecule has 0 atom stereocenters. The van der Waals surface area contributed by atoms with E-state index < -0.39 is 0 Å². The van der Waals surface area contributed by atoms with Gasteiger partial charge in [0.05, 0.1) is 7.11 Å². The lowest BCUT2D eigenvalue weighted by Crippen LogP contribution is -2.51. The van der Waals surface area contributed by atoms with Crippen molar-refractivity contribution < 1.29 is 4.74 Å². The van der Waals surface area contributed by atoms with Crippen molar-refractivity contribution >= 4 is 17.3 Å². The minimum atomic E-state index is 0.736. The number of thiocarbonyl (C=S) groups is 1. The summed E-state index contributed by atoms with van der Waals surface area (Å²) in [4.78, 5) is 8.78. The van der Waals surface area contributed by atoms with Crippen LogP contribution in [0.15, 0.2) is 48.8 Å². The summed E-state index contributed by atoms with van der Waals surface area (Å²) in [7, 11) is 1.68. The molecule has 0 radical (unpaired) electrons. The topological polar surface area (TPSA) is 40.6 Å². The Kier molecular flexibility index (Phi) is 6.19. The van der Waals surface area contributed by atoms with Crippen molar-refractivity contribution in [2.75, 3.05) is 33.3 Å². The molecule has 1 aromatic carbocycles. The molecule has 0 saturated carbocycles. The fourth-order valence-electron chi connectivity index (χ4n) is 2.89. The smallest absolute Gasteiger partial charge is 0.169 e. The van der Waals surface area contributed by atoms with Gasteiger partial charge in [0, 0.05) is 51.7 Å². The lowest BCUT2D eigenvalue weighted by molar-refractivity contribution is 0.174. The summed E-state index contributed by atoms with van der Waals surface area (Å²) in [5.74, 6) is 0.872. The number of piperazine rings is 1. The van der Waals surface area contributed by atoms with Crippen LogP contribution in [0.1, 0.15) is 11.1 Å². The van der Waals surface area contributed by atoms with Gasteiger partial charge in [-0.2, -0.15) is 0 Å². The first kappa shape index (κ1) is 17.6. The van der Waals surface area contributed by atoms with E-state index in [1.807, 2.05) is 24.5 Å². The van der Waals surface area contributed by atoms with Crippen LogP contribution in [0.4, 0.5) is 0 Å². The summed E-state index contributed by atoms with van der Waals surface area (Å²) in [6, 6.07) is 12.2. The summed E-state index contributed by atoms with van der Waals surface area (Å²) in [5.41, 5.74) is 2.50. The molecule has 0 amide bonds. The molecule has 1 aliphatic rings. The predicted octanol–water partition coefficient (Wildman–Crippen LogP) is 2.28. The molecule has 0 spiro atoms. The van der Waals surface area contributed by atoms with Crippen LogP contribution in [-0.2, 0) is 13.1 Å². The number of ether oxygens (including phenoxy) is 1. The zero-order chi connectivity index (χ0) is 17.5. The first-order chi connectivity index (χ1) is 12.2. The van der Waals surface area contributed by atoms with Crippen molar-refractivity contribution in [1.29, 1.82) is 0 Å². The largest absolute Gasteiger partial charge is 0.497 e. The average Bonchev–Trinajstić information content (AvgIpc) is 2.68. The summed E-state index contributed by atoms with van der Waals surface area (Å²) in [6.07, 6.45) is 3.70. The second-order valence-corrected chi connectivity index (χ2v) is 6.51. The maximum atomic E-state index is 5.55. The SMILES string of the molecule is COc1ccc(CNC(=S)N2CCN(Cc3ccncc3)CC2)cc1. The Bertz CT molecular complexity index is 670. The van der Waals surface area contributed by atoms with Crippen LogP contribution in [0.5, 0.6) is 5.75 Å². The Morgan fingerprint density at radius 1 is 1.04 bits per heavy atom. The highest BCUT2D eigenvalue weighted by Crippen LogP contribution is 2.12. The fraction of sp³-hybridized carbons (Fsp3) is 0.368. The van der Waals surface area contributed by atoms with Crippen LogP contribution in [0, 0.1) is 0 Å². The molecule has 1 aliphatic heterocycles. The molecule has 1 aromatic heterocycles. The normalized spacial score (nSPS) is 15.0. The van der Waals surface area contributed by atoms with E-state index in [0.717, 1.165) is 50.1 Å². The Balaban J connectivity index is 1.41. The molecule has 1 fully saturated rings. The van der Waals surface area contributed by atoms with Gasteiger partial charge in [-0.1, -0.05) is 12.1 Å². The fourth-order valence-corrected chi connectivity index (χ4v) is 3.14. The molecule has 2 aromatic rings. The van der Waals surface area contributed by atoms with Crippen LogP contribution in [0.2, 0.25) is 0 Å². The van der Waals surface area contributed by atoms with Gasteiger partial charge in [0.15, 0.2) is 5.11 Å². The molecular weight excluding hydrogens is 332 g/mol. The standard InChI is InChI=1S/C19H24N4OS/c1-24-18-4-2-16(3-5-18)14-21-19(25)23-12-10-22(11-13-23)15-17-6-8-20-9-7-17/h2-9H,10-15H2,1H3,(H,21,25). The van der Waals surface area contributed by atoms with E-state index in [1.165, 1.54) is 11.1 Å². The number of benzene rings is 1. The quantitative estimate of drug-likeness (QED) is 0.829. The van der Waals surface area contributed by atoms with Gasteiger partial charge in [0.25, 0.3) is 0 Å². The third-order valence-corrected chi connectivity index (χ3v) is 4.82. The lowest BCUT2D eigenvalue weighted by Gasteiger charge is -2.36. The van der Waals surface area contributed by atoms with Gasteiger partial charge in [0.2, 0.25) is 0 Å². The number of pyridine rings is 1. The van der Waals surface area contributed by atoms with Gasteiger partial charge in [-0.05, 0) is 47.6 Å². The van der Waals surface area contributed by atoms with E-state index in [1.54, 1.807) is 7.11 Å². The molecule has 6 heteroatoms. The average molecular weight is 356 g/mol. The zero-order valence-corrected chi connectivity index (χ0v) is 15.3. The summed E-state index contributed by atoms with van der Waals surface area (Å²) in [6.45, 7) is 5.67. The minimum Gasteiger partial charge on any atom is -0.497 e. The Morgan fingerprint density at radius 3 is 2.36 bits per heavy atom. The van der Waals surface area contributed by atoms with Gasteiger partial charge < -0.3 is 15.0 Å². The van der Waals surface area contributed by atoms with E-state index in [0.29, 0.717) is 0 Å². The van der Waals surface area contributed by atoms with Crippen molar-refractivity contribution in [3.8, 4) is 5.75 Å². The Morgan fingerprint density at radius 2 is 1.72 bits per heavy atom. The third kappa shape index (κ3) is 5.14. The highest BCUT2D eigenvalue weighted by Gasteiger charge is 2.18. The number of hydrogen-bond acceptors (Lipinski definition) is 4. The number of rotatable bonds is 5. The van der Waals surface area contributed by atoms with Gasteiger partial charge in [-0.3, -0.25) is 9.88 Å². The molecular formula is C19H24N4OS. The molecule has 1 N–H and O–H groups in total. The molecule has 0 aliphatic carbocycles. The third-order valence-electron chi connectivity index (χ3n) is 4.42. The van der Waals surface area contributed by atoms with E-state index in [-0.39, 0.29) is 0 Å². The van der Waals surface area contributed by atoms with E-state index in [2.05, 4.69) is 44.4 Å². The number of hydrogen-bond donors (Lipinski definition) is 1. The maximum Gasteiger partial charge on any atom is 0.169 e. The molecule has 132 valence electrons. The molecule has 5 nitrogen and oxygen atoms in total. The predicted molar refractivity (Wildman–Crippen MR) is 104 cm³/mol. The Hall–Kier alpha value is -2.18. The number of nitrogens with one attached hydrogen (secondary N) is 1. The second kappa shape index (κ2) is 8.78. The van der Waals surface area contributed by atoms with Gasteiger partial charge in [-0.15, -0.1) is 0 Å². The molecule has 3 rings (SSSR count). The minimum absolute atomic E-state index is 0.736. The molecule has 25 heavy (non-hydrogen) atoms. The highest BCUT2D eigenvalue weighted by atomic mass is 32.1. The van der Waals surface area contributed by atoms with Crippen LogP contribution in [-0.4, -0.2) is 53.2 Å². The van der Waals surface area contributed by atoms with E-state index >= 15 is 0 Å². The van der Waals surface area contributed by atoms with Crippen molar-refractivity contribution in [2.24, 2.45) is 0 Å². The van der Waals surface area contributed by atoms with Gasteiger partial charge >= 0.3 is 0 Å².